The van der Waals surface area contributed by atoms with Crippen molar-refractivity contribution in [2.24, 2.45) is 0 Å². The van der Waals surface area contributed by atoms with E-state index in [2.05, 4.69) is 4.98 Å². The zero-order valence-electron chi connectivity index (χ0n) is 9.47. The van der Waals surface area contributed by atoms with E-state index in [4.69, 9.17) is 14.8 Å². The van der Waals surface area contributed by atoms with Crippen molar-refractivity contribution in [3.8, 4) is 5.88 Å². The Morgan fingerprint density at radius 2 is 1.94 bits per heavy atom. The third-order valence-corrected chi connectivity index (χ3v) is 2.97. The predicted octanol–water partition coefficient (Wildman–Crippen LogP) is 0.612. The molecule has 92 valence electrons. The minimum atomic E-state index is -1.84. The molecular formula is C11H15BFNO3. The predicted molar refractivity (Wildman–Crippen MR) is 61.5 cm³/mol. The molecule has 1 aromatic rings. The Kier molecular flexibility index (Phi) is 3.96. The molecule has 1 heterocycles. The van der Waals surface area contributed by atoms with E-state index in [1.165, 1.54) is 18.6 Å². The van der Waals surface area contributed by atoms with Gasteiger partial charge in [0, 0.05) is 11.5 Å². The van der Waals surface area contributed by atoms with Gasteiger partial charge in [-0.2, -0.15) is 9.37 Å². The van der Waals surface area contributed by atoms with Crippen LogP contribution in [0.5, 0.6) is 5.88 Å². The highest BCUT2D eigenvalue weighted by Crippen LogP contribution is 2.21. The molecule has 1 aromatic heterocycles. The molecule has 0 amide bonds. The Hall–Kier alpha value is -1.14. The summed E-state index contributed by atoms with van der Waals surface area (Å²) < 4.78 is 18.9. The molecule has 0 spiro atoms. The maximum Gasteiger partial charge on any atom is 0.493 e. The second-order valence-electron chi connectivity index (χ2n) is 4.28. The van der Waals surface area contributed by atoms with Gasteiger partial charge in [-0.3, -0.25) is 0 Å². The number of hydrogen-bond donors (Lipinski definition) is 2. The first-order chi connectivity index (χ1) is 8.16. The fraction of sp³-hybridized carbons (Fsp3) is 0.545. The van der Waals surface area contributed by atoms with Crippen LogP contribution in [-0.2, 0) is 0 Å². The summed E-state index contributed by atoms with van der Waals surface area (Å²) in [6, 6.07) is 2.75. The summed E-state index contributed by atoms with van der Waals surface area (Å²) in [5.41, 5.74) is -0.235. The smallest absolute Gasteiger partial charge is 0.474 e. The third-order valence-electron chi connectivity index (χ3n) is 2.97. The van der Waals surface area contributed by atoms with Gasteiger partial charge in [-0.25, -0.2) is 0 Å². The topological polar surface area (TPSA) is 62.6 Å². The van der Waals surface area contributed by atoms with E-state index in [1.54, 1.807) is 0 Å². The molecule has 1 aliphatic carbocycles. The number of aromatic nitrogens is 1. The molecule has 0 atom stereocenters. The van der Waals surface area contributed by atoms with Gasteiger partial charge in [-0.1, -0.05) is 12.5 Å². The van der Waals surface area contributed by atoms with Crippen LogP contribution in [0, 0.1) is 5.95 Å². The Morgan fingerprint density at radius 3 is 2.53 bits per heavy atom. The maximum absolute atomic E-state index is 13.3. The van der Waals surface area contributed by atoms with Crippen LogP contribution >= 0.6 is 0 Å². The van der Waals surface area contributed by atoms with Crippen molar-refractivity contribution in [2.75, 3.05) is 0 Å². The number of halogens is 1. The minimum absolute atomic E-state index is 0.0977. The summed E-state index contributed by atoms with van der Waals surface area (Å²) in [7, 11) is -1.84. The van der Waals surface area contributed by atoms with Crippen molar-refractivity contribution in [2.45, 2.75) is 38.2 Å². The van der Waals surface area contributed by atoms with Crippen LogP contribution in [0.1, 0.15) is 32.1 Å². The summed E-state index contributed by atoms with van der Waals surface area (Å²) in [5, 5.41) is 17.7. The molecule has 0 radical (unpaired) electrons. The van der Waals surface area contributed by atoms with Gasteiger partial charge in [0.1, 0.15) is 6.10 Å². The largest absolute Gasteiger partial charge is 0.493 e. The SMILES string of the molecule is OB(O)c1ccc(OC2CCCCC2)nc1F. The number of hydrogen-bond acceptors (Lipinski definition) is 4. The van der Waals surface area contributed by atoms with Crippen LogP contribution in [0.4, 0.5) is 4.39 Å². The average Bonchev–Trinajstić information content (AvgIpc) is 2.30. The van der Waals surface area contributed by atoms with Gasteiger partial charge in [0.05, 0.1) is 0 Å². The summed E-state index contributed by atoms with van der Waals surface area (Å²) in [4.78, 5) is 3.58. The van der Waals surface area contributed by atoms with E-state index in [0.29, 0.717) is 0 Å². The second kappa shape index (κ2) is 5.47. The Balaban J connectivity index is 2.04. The summed E-state index contributed by atoms with van der Waals surface area (Å²) in [6.45, 7) is 0. The highest BCUT2D eigenvalue weighted by Gasteiger charge is 2.20. The molecule has 1 fully saturated rings. The van der Waals surface area contributed by atoms with Crippen molar-refractivity contribution in [1.82, 2.24) is 4.98 Å². The molecule has 1 saturated carbocycles. The number of pyridine rings is 1. The zero-order chi connectivity index (χ0) is 12.3. The van der Waals surface area contributed by atoms with Gasteiger partial charge in [-0.05, 0) is 25.7 Å². The third kappa shape index (κ3) is 3.17. The quantitative estimate of drug-likeness (QED) is 0.599. The molecule has 17 heavy (non-hydrogen) atoms. The van der Waals surface area contributed by atoms with Gasteiger partial charge in [0.15, 0.2) is 0 Å². The van der Waals surface area contributed by atoms with E-state index < -0.39 is 13.1 Å². The molecule has 2 N–H and O–H groups in total. The number of ether oxygens (including phenoxy) is 1. The van der Waals surface area contributed by atoms with Gasteiger partial charge in [-0.15, -0.1) is 0 Å². The van der Waals surface area contributed by atoms with Gasteiger partial charge >= 0.3 is 7.12 Å². The van der Waals surface area contributed by atoms with Crippen LogP contribution in [0.2, 0.25) is 0 Å². The molecule has 0 saturated heterocycles. The Labute approximate surface area is 99.6 Å². The molecule has 6 heteroatoms. The molecule has 0 aliphatic heterocycles. The standard InChI is InChI=1S/C11H15BFNO3/c13-11-9(12(15)16)6-7-10(14-11)17-8-4-2-1-3-5-8/h6-8,15-16H,1-5H2. The highest BCUT2D eigenvalue weighted by molar-refractivity contribution is 6.58. The fourth-order valence-electron chi connectivity index (χ4n) is 2.04. The van der Waals surface area contributed by atoms with Gasteiger partial charge in [0.25, 0.3) is 0 Å². The van der Waals surface area contributed by atoms with Crippen LogP contribution in [0.15, 0.2) is 12.1 Å². The van der Waals surface area contributed by atoms with Gasteiger partial charge in [0.2, 0.25) is 11.8 Å². The van der Waals surface area contributed by atoms with Crippen LogP contribution < -0.4 is 10.2 Å². The van der Waals surface area contributed by atoms with Gasteiger partial charge < -0.3 is 14.8 Å². The van der Waals surface area contributed by atoms with E-state index in [0.717, 1.165) is 25.7 Å². The van der Waals surface area contributed by atoms with Crippen molar-refractivity contribution in [3.63, 3.8) is 0 Å². The van der Waals surface area contributed by atoms with E-state index in [9.17, 15) is 4.39 Å². The zero-order valence-corrected chi connectivity index (χ0v) is 9.47. The molecule has 0 aromatic carbocycles. The lowest BCUT2D eigenvalue weighted by Gasteiger charge is -2.22. The Bertz CT molecular complexity index is 383. The first-order valence-electron chi connectivity index (χ1n) is 5.86. The van der Waals surface area contributed by atoms with E-state index in [-0.39, 0.29) is 17.4 Å². The van der Waals surface area contributed by atoms with Crippen molar-refractivity contribution >= 4 is 12.6 Å². The van der Waals surface area contributed by atoms with E-state index >= 15 is 0 Å². The molecule has 0 bridgehead atoms. The number of rotatable bonds is 3. The van der Waals surface area contributed by atoms with Crippen molar-refractivity contribution in [3.05, 3.63) is 18.1 Å². The first-order valence-corrected chi connectivity index (χ1v) is 5.86. The summed E-state index contributed by atoms with van der Waals surface area (Å²) >= 11 is 0. The van der Waals surface area contributed by atoms with Crippen LogP contribution in [0.25, 0.3) is 0 Å². The van der Waals surface area contributed by atoms with E-state index in [1.807, 2.05) is 0 Å². The lowest BCUT2D eigenvalue weighted by molar-refractivity contribution is 0.147. The van der Waals surface area contributed by atoms with Crippen LogP contribution in [0.3, 0.4) is 0 Å². The first kappa shape index (κ1) is 12.3. The normalized spacial score (nSPS) is 16.9. The van der Waals surface area contributed by atoms with Crippen LogP contribution in [-0.4, -0.2) is 28.3 Å². The molecule has 2 rings (SSSR count). The lowest BCUT2D eigenvalue weighted by Crippen LogP contribution is -2.33. The monoisotopic (exact) mass is 239 g/mol. The highest BCUT2D eigenvalue weighted by atomic mass is 19.1. The van der Waals surface area contributed by atoms with Crippen molar-refractivity contribution < 1.29 is 19.2 Å². The minimum Gasteiger partial charge on any atom is -0.474 e. The van der Waals surface area contributed by atoms with Crippen molar-refractivity contribution in [1.29, 1.82) is 0 Å². The number of nitrogens with zero attached hydrogens (tertiary/aromatic N) is 1. The molecule has 0 unspecified atom stereocenters. The molecule has 1 aliphatic rings. The molecule has 4 nitrogen and oxygen atoms in total. The average molecular weight is 239 g/mol. The summed E-state index contributed by atoms with van der Waals surface area (Å²) in [5.74, 6) is -0.688. The Morgan fingerprint density at radius 1 is 1.24 bits per heavy atom. The second-order valence-corrected chi connectivity index (χ2v) is 4.28. The molecular weight excluding hydrogens is 224 g/mol. The maximum atomic E-state index is 13.3. The lowest BCUT2D eigenvalue weighted by atomic mass is 9.81. The summed E-state index contributed by atoms with van der Waals surface area (Å²) in [6.07, 6.45) is 5.50. The fourth-order valence-corrected chi connectivity index (χ4v) is 2.04.